The number of methoxy groups -OCH3 is 1. The van der Waals surface area contributed by atoms with Gasteiger partial charge in [0.2, 0.25) is 0 Å². The van der Waals surface area contributed by atoms with E-state index < -0.39 is 0 Å². The Hall–Kier alpha value is -1.11. The Balaban J connectivity index is 2.38. The van der Waals surface area contributed by atoms with Crippen molar-refractivity contribution in [1.29, 1.82) is 0 Å². The van der Waals surface area contributed by atoms with Gasteiger partial charge in [0.15, 0.2) is 4.77 Å². The molecular formula is C15H12Br2N2OS. The summed E-state index contributed by atoms with van der Waals surface area (Å²) in [4.78, 5) is 3.28. The number of hydrogen-bond donors (Lipinski definition) is 1. The van der Waals surface area contributed by atoms with Crippen molar-refractivity contribution in [2.24, 2.45) is 0 Å². The van der Waals surface area contributed by atoms with Gasteiger partial charge in [0.1, 0.15) is 5.75 Å². The van der Waals surface area contributed by atoms with E-state index in [1.165, 1.54) is 0 Å². The largest absolute Gasteiger partial charge is 0.495 e. The minimum Gasteiger partial charge on any atom is -0.495 e. The summed E-state index contributed by atoms with van der Waals surface area (Å²) in [5.74, 6) is 0.761. The molecule has 2 aromatic carbocycles. The van der Waals surface area contributed by atoms with Gasteiger partial charge in [-0.2, -0.15) is 0 Å². The number of benzene rings is 2. The third-order valence-corrected chi connectivity index (χ3v) is 4.93. The van der Waals surface area contributed by atoms with Crippen molar-refractivity contribution in [3.05, 3.63) is 49.6 Å². The monoisotopic (exact) mass is 426 g/mol. The highest BCUT2D eigenvalue weighted by atomic mass is 79.9. The summed E-state index contributed by atoms with van der Waals surface area (Å²) in [7, 11) is 1.65. The highest BCUT2D eigenvalue weighted by molar-refractivity contribution is 9.11. The van der Waals surface area contributed by atoms with Crippen molar-refractivity contribution >= 4 is 55.1 Å². The minimum absolute atomic E-state index is 0.657. The molecule has 0 aliphatic heterocycles. The smallest absolute Gasteiger partial charge is 0.182 e. The summed E-state index contributed by atoms with van der Waals surface area (Å²) >= 11 is 12.6. The summed E-state index contributed by atoms with van der Waals surface area (Å²) < 4.78 is 9.89. The van der Waals surface area contributed by atoms with Gasteiger partial charge in [0, 0.05) is 10.5 Å². The number of halogens is 2. The van der Waals surface area contributed by atoms with E-state index in [1.807, 2.05) is 22.8 Å². The first-order valence-electron chi connectivity index (χ1n) is 6.26. The summed E-state index contributed by atoms with van der Waals surface area (Å²) in [6, 6.07) is 10.1. The van der Waals surface area contributed by atoms with Gasteiger partial charge in [0.25, 0.3) is 0 Å². The summed E-state index contributed by atoms with van der Waals surface area (Å²) in [5, 5.41) is 0. The van der Waals surface area contributed by atoms with Crippen molar-refractivity contribution < 1.29 is 4.74 Å². The maximum Gasteiger partial charge on any atom is 0.182 e. The normalized spacial score (nSPS) is 11.0. The number of hydrogen-bond acceptors (Lipinski definition) is 2. The molecule has 0 spiro atoms. The molecule has 0 radical (unpaired) electrons. The SMILES string of the molecule is COc1cc(-n2c(=S)[nH]c3c(C)cccc32)c(Br)cc1Br. The van der Waals surface area contributed by atoms with Crippen LogP contribution < -0.4 is 4.74 Å². The summed E-state index contributed by atoms with van der Waals surface area (Å²) in [6.07, 6.45) is 0. The van der Waals surface area contributed by atoms with Crippen LogP contribution in [0.15, 0.2) is 39.3 Å². The minimum atomic E-state index is 0.657. The Bertz CT molecular complexity index is 899. The number of aryl methyl sites for hydroxylation is 1. The van der Waals surface area contributed by atoms with E-state index in [-0.39, 0.29) is 0 Å². The van der Waals surface area contributed by atoms with E-state index >= 15 is 0 Å². The number of nitrogens with zero attached hydrogens (tertiary/aromatic N) is 1. The Morgan fingerprint density at radius 2 is 1.95 bits per heavy atom. The standard InChI is InChI=1S/C15H12Br2N2OS/c1-8-4-3-5-11-14(8)18-15(21)19(11)12-7-13(20-2)10(17)6-9(12)16/h3-7H,1-2H3,(H,18,21). The molecule has 1 N–H and O–H groups in total. The van der Waals surface area contributed by atoms with Crippen LogP contribution in [0.4, 0.5) is 0 Å². The Kier molecular flexibility index (Phi) is 3.94. The summed E-state index contributed by atoms with van der Waals surface area (Å²) in [5.41, 5.74) is 4.20. The van der Waals surface area contributed by atoms with E-state index in [9.17, 15) is 0 Å². The predicted molar refractivity (Wildman–Crippen MR) is 95.1 cm³/mol. The van der Waals surface area contributed by atoms with Gasteiger partial charge >= 0.3 is 0 Å². The molecule has 21 heavy (non-hydrogen) atoms. The van der Waals surface area contributed by atoms with Crippen LogP contribution in [0.5, 0.6) is 5.75 Å². The second-order valence-corrected chi connectivity index (χ2v) is 6.77. The maximum atomic E-state index is 5.50. The second-order valence-electron chi connectivity index (χ2n) is 4.67. The fourth-order valence-corrected chi connectivity index (χ4v) is 3.99. The molecule has 0 unspecified atom stereocenters. The molecule has 0 atom stereocenters. The fraction of sp³-hybridized carbons (Fsp3) is 0.133. The van der Waals surface area contributed by atoms with E-state index in [4.69, 9.17) is 17.0 Å². The first kappa shape index (κ1) is 14.8. The number of aromatic nitrogens is 2. The molecule has 3 rings (SSSR count). The zero-order valence-corrected chi connectivity index (χ0v) is 15.4. The number of aromatic amines is 1. The molecule has 0 aliphatic carbocycles. The number of nitrogens with one attached hydrogen (secondary N) is 1. The lowest BCUT2D eigenvalue weighted by molar-refractivity contribution is 0.412. The number of fused-ring (bicyclic) bond motifs is 1. The molecule has 0 aliphatic rings. The van der Waals surface area contributed by atoms with Crippen LogP contribution in [-0.4, -0.2) is 16.7 Å². The third kappa shape index (κ3) is 2.45. The van der Waals surface area contributed by atoms with Gasteiger partial charge in [-0.05, 0) is 68.7 Å². The predicted octanol–water partition coefficient (Wildman–Crippen LogP) is 5.53. The molecule has 108 valence electrons. The molecule has 6 heteroatoms. The van der Waals surface area contributed by atoms with Crippen molar-refractivity contribution in [3.63, 3.8) is 0 Å². The lowest BCUT2D eigenvalue weighted by atomic mass is 10.2. The molecule has 0 saturated carbocycles. The van der Waals surface area contributed by atoms with Crippen LogP contribution in [0.2, 0.25) is 0 Å². The average Bonchev–Trinajstić information content (AvgIpc) is 2.77. The van der Waals surface area contributed by atoms with Gasteiger partial charge in [-0.25, -0.2) is 0 Å². The number of para-hydroxylation sites is 1. The molecule has 1 heterocycles. The quantitative estimate of drug-likeness (QED) is 0.545. The van der Waals surface area contributed by atoms with Gasteiger partial charge in [-0.15, -0.1) is 0 Å². The summed E-state index contributed by atoms with van der Waals surface area (Å²) in [6.45, 7) is 2.06. The lowest BCUT2D eigenvalue weighted by Gasteiger charge is -2.11. The highest BCUT2D eigenvalue weighted by Gasteiger charge is 2.13. The van der Waals surface area contributed by atoms with Crippen molar-refractivity contribution in [3.8, 4) is 11.4 Å². The van der Waals surface area contributed by atoms with E-state index in [0.29, 0.717) is 4.77 Å². The molecule has 0 saturated heterocycles. The Labute approximate surface area is 144 Å². The molecule has 0 amide bonds. The fourth-order valence-electron chi connectivity index (χ4n) is 2.36. The van der Waals surface area contributed by atoms with Crippen LogP contribution in [0.25, 0.3) is 16.7 Å². The van der Waals surface area contributed by atoms with Crippen LogP contribution >= 0.6 is 44.1 Å². The van der Waals surface area contributed by atoms with Crippen LogP contribution in [0, 0.1) is 11.7 Å². The van der Waals surface area contributed by atoms with E-state index in [0.717, 1.165) is 37.0 Å². The molecule has 3 nitrogen and oxygen atoms in total. The van der Waals surface area contributed by atoms with Gasteiger partial charge < -0.3 is 9.72 Å². The topological polar surface area (TPSA) is 29.9 Å². The Morgan fingerprint density at radius 1 is 1.19 bits per heavy atom. The van der Waals surface area contributed by atoms with Crippen LogP contribution in [0.1, 0.15) is 5.56 Å². The number of ether oxygens (including phenoxy) is 1. The lowest BCUT2D eigenvalue weighted by Crippen LogP contribution is -1.97. The van der Waals surface area contributed by atoms with Crippen molar-refractivity contribution in [1.82, 2.24) is 9.55 Å². The van der Waals surface area contributed by atoms with Crippen molar-refractivity contribution in [2.75, 3.05) is 7.11 Å². The Morgan fingerprint density at radius 3 is 2.67 bits per heavy atom. The highest BCUT2D eigenvalue weighted by Crippen LogP contribution is 2.35. The van der Waals surface area contributed by atoms with Gasteiger partial charge in [-0.3, -0.25) is 4.57 Å². The number of H-pyrrole nitrogens is 1. The average molecular weight is 428 g/mol. The molecule has 3 aromatic rings. The van der Waals surface area contributed by atoms with E-state index in [2.05, 4.69) is 55.9 Å². The zero-order chi connectivity index (χ0) is 15.1. The molecule has 1 aromatic heterocycles. The number of rotatable bonds is 2. The van der Waals surface area contributed by atoms with Crippen LogP contribution in [0.3, 0.4) is 0 Å². The number of imidazole rings is 1. The van der Waals surface area contributed by atoms with Crippen LogP contribution in [-0.2, 0) is 0 Å². The third-order valence-electron chi connectivity index (χ3n) is 3.39. The van der Waals surface area contributed by atoms with Crippen molar-refractivity contribution in [2.45, 2.75) is 6.92 Å². The second kappa shape index (κ2) is 5.59. The first-order chi connectivity index (χ1) is 10.0. The molecule has 0 bridgehead atoms. The molecule has 0 fully saturated rings. The zero-order valence-electron chi connectivity index (χ0n) is 11.4. The first-order valence-corrected chi connectivity index (χ1v) is 8.26. The van der Waals surface area contributed by atoms with Gasteiger partial charge in [0.05, 0.1) is 28.3 Å². The van der Waals surface area contributed by atoms with Gasteiger partial charge in [-0.1, -0.05) is 12.1 Å². The molecular weight excluding hydrogens is 416 g/mol. The maximum absolute atomic E-state index is 5.50. The van der Waals surface area contributed by atoms with E-state index in [1.54, 1.807) is 7.11 Å².